The normalized spacial score (nSPS) is 16.7. The quantitative estimate of drug-likeness (QED) is 0.570. The Morgan fingerprint density at radius 1 is 1.48 bits per heavy atom. The molecule has 0 unspecified atom stereocenters. The molecule has 0 aliphatic carbocycles. The maximum Gasteiger partial charge on any atom is 0.340 e. The predicted octanol–water partition coefficient (Wildman–Crippen LogP) is 1.28. The second-order valence-corrected chi connectivity index (χ2v) is 5.11. The fourth-order valence-electron chi connectivity index (χ4n) is 2.44. The van der Waals surface area contributed by atoms with Gasteiger partial charge in [-0.25, -0.2) is 4.79 Å². The molecule has 3 heterocycles. The highest BCUT2D eigenvalue weighted by molar-refractivity contribution is 7.71. The Bertz CT molecular complexity index is 894. The first kappa shape index (κ1) is 15.1. The minimum atomic E-state index is -0.858. The number of ether oxygens (including phenoxy) is 2. The Morgan fingerprint density at radius 3 is 2.91 bits per heavy atom. The summed E-state index contributed by atoms with van der Waals surface area (Å²) in [6.07, 6.45) is 1.43. The molecule has 0 saturated heterocycles. The molecule has 0 spiro atoms. The van der Waals surface area contributed by atoms with Gasteiger partial charge in [0.15, 0.2) is 4.77 Å². The van der Waals surface area contributed by atoms with Crippen molar-refractivity contribution in [2.24, 2.45) is 5.73 Å². The van der Waals surface area contributed by atoms with Crippen molar-refractivity contribution >= 4 is 18.2 Å². The number of hydrogen-bond donors (Lipinski definition) is 3. The molecular weight excluding hydrogens is 322 g/mol. The van der Waals surface area contributed by atoms with E-state index in [1.165, 1.54) is 6.26 Å². The van der Waals surface area contributed by atoms with Crippen LogP contribution in [0.1, 0.15) is 24.2 Å². The largest absolute Gasteiger partial charge is 0.468 e. The molecule has 1 atom stereocenters. The van der Waals surface area contributed by atoms with Gasteiger partial charge in [-0.05, 0) is 31.3 Å². The summed E-state index contributed by atoms with van der Waals surface area (Å²) in [5.41, 5.74) is 5.52. The van der Waals surface area contributed by atoms with Gasteiger partial charge in [-0.15, -0.1) is 0 Å². The molecule has 23 heavy (non-hydrogen) atoms. The van der Waals surface area contributed by atoms with Crippen molar-refractivity contribution in [1.29, 1.82) is 0 Å². The van der Waals surface area contributed by atoms with E-state index in [-0.39, 0.29) is 34.3 Å². The van der Waals surface area contributed by atoms with Crippen LogP contribution in [0.2, 0.25) is 0 Å². The molecule has 1 aliphatic rings. The molecule has 0 fully saturated rings. The molecule has 9 heteroatoms. The summed E-state index contributed by atoms with van der Waals surface area (Å²) in [6.45, 7) is 1.82. The summed E-state index contributed by atoms with van der Waals surface area (Å²) in [4.78, 5) is 29.8. The SMILES string of the molecule is CCOC(=O)C1=C(N)Oc2[nH]c(=S)[nH]c(=O)c2[C@H]1c1ccco1. The molecule has 1 aliphatic heterocycles. The van der Waals surface area contributed by atoms with E-state index in [0.29, 0.717) is 5.76 Å². The van der Waals surface area contributed by atoms with E-state index in [1.807, 2.05) is 0 Å². The summed E-state index contributed by atoms with van der Waals surface area (Å²) < 4.78 is 15.9. The van der Waals surface area contributed by atoms with Crippen molar-refractivity contribution in [3.8, 4) is 5.88 Å². The van der Waals surface area contributed by atoms with Crippen LogP contribution in [-0.2, 0) is 9.53 Å². The standard InChI is InChI=1S/C14H13N3O5S/c1-2-20-13(19)8-7(6-4-3-5-21-6)9-11(18)16-14(23)17-12(9)22-10(8)15/h3-5,7H,2,15H2,1H3,(H2,16,17,18,23)/t7-/m0/s1. The van der Waals surface area contributed by atoms with Gasteiger partial charge in [0.1, 0.15) is 11.3 Å². The van der Waals surface area contributed by atoms with Crippen molar-refractivity contribution in [3.05, 3.63) is 56.3 Å². The van der Waals surface area contributed by atoms with E-state index < -0.39 is 17.4 Å². The van der Waals surface area contributed by atoms with Crippen LogP contribution in [0, 0.1) is 4.77 Å². The van der Waals surface area contributed by atoms with E-state index in [0.717, 1.165) is 0 Å². The van der Waals surface area contributed by atoms with E-state index in [4.69, 9.17) is 31.8 Å². The van der Waals surface area contributed by atoms with Crippen LogP contribution < -0.4 is 16.0 Å². The minimum Gasteiger partial charge on any atom is -0.468 e. The van der Waals surface area contributed by atoms with E-state index in [9.17, 15) is 9.59 Å². The fraction of sp³-hybridized carbons (Fsp3) is 0.214. The number of rotatable bonds is 3. The van der Waals surface area contributed by atoms with Gasteiger partial charge < -0.3 is 24.6 Å². The average molecular weight is 335 g/mol. The van der Waals surface area contributed by atoms with Crippen LogP contribution in [0.25, 0.3) is 0 Å². The average Bonchev–Trinajstić information content (AvgIpc) is 2.99. The van der Waals surface area contributed by atoms with Crippen LogP contribution in [0.3, 0.4) is 0 Å². The number of aromatic amines is 2. The lowest BCUT2D eigenvalue weighted by Gasteiger charge is -2.25. The van der Waals surface area contributed by atoms with Gasteiger partial charge in [-0.2, -0.15) is 0 Å². The number of fused-ring (bicyclic) bond motifs is 1. The highest BCUT2D eigenvalue weighted by Gasteiger charge is 2.39. The van der Waals surface area contributed by atoms with E-state index >= 15 is 0 Å². The lowest BCUT2D eigenvalue weighted by molar-refractivity contribution is -0.139. The maximum atomic E-state index is 12.3. The first-order valence-corrected chi connectivity index (χ1v) is 7.18. The van der Waals surface area contributed by atoms with Gasteiger partial charge >= 0.3 is 5.97 Å². The van der Waals surface area contributed by atoms with Crippen molar-refractivity contribution in [1.82, 2.24) is 9.97 Å². The number of aromatic nitrogens is 2. The maximum absolute atomic E-state index is 12.3. The summed E-state index contributed by atoms with van der Waals surface area (Å²) in [5.74, 6) is -1.28. The molecule has 0 amide bonds. The molecular formula is C14H13N3O5S. The zero-order valence-corrected chi connectivity index (χ0v) is 12.9. The first-order valence-electron chi connectivity index (χ1n) is 6.77. The van der Waals surface area contributed by atoms with Crippen molar-refractivity contribution in [2.45, 2.75) is 12.8 Å². The number of hydrogen-bond acceptors (Lipinski definition) is 7. The second kappa shape index (κ2) is 5.76. The second-order valence-electron chi connectivity index (χ2n) is 4.70. The van der Waals surface area contributed by atoms with E-state index in [1.54, 1.807) is 19.1 Å². The molecule has 2 aromatic heterocycles. The van der Waals surface area contributed by atoms with Gasteiger partial charge in [0.25, 0.3) is 5.56 Å². The minimum absolute atomic E-state index is 0.00492. The molecule has 0 saturated carbocycles. The summed E-state index contributed by atoms with van der Waals surface area (Å²) in [6, 6.07) is 3.27. The number of esters is 1. The molecule has 3 rings (SSSR count). The van der Waals surface area contributed by atoms with Crippen molar-refractivity contribution in [3.63, 3.8) is 0 Å². The fourth-order valence-corrected chi connectivity index (χ4v) is 2.62. The smallest absolute Gasteiger partial charge is 0.340 e. The monoisotopic (exact) mass is 335 g/mol. The zero-order chi connectivity index (χ0) is 16.6. The van der Waals surface area contributed by atoms with Crippen LogP contribution in [0.15, 0.2) is 39.1 Å². The first-order chi connectivity index (χ1) is 11.0. The third-order valence-electron chi connectivity index (χ3n) is 3.32. The number of nitrogens with one attached hydrogen (secondary N) is 2. The van der Waals surface area contributed by atoms with Crippen LogP contribution in [0.5, 0.6) is 5.88 Å². The Kier molecular flexibility index (Phi) is 3.78. The Hall–Kier alpha value is -2.81. The van der Waals surface area contributed by atoms with Gasteiger partial charge in [0.05, 0.1) is 24.4 Å². The number of carbonyl (C=O) groups is 1. The summed E-state index contributed by atoms with van der Waals surface area (Å²) in [7, 11) is 0. The lowest BCUT2D eigenvalue weighted by Crippen LogP contribution is -2.32. The van der Waals surface area contributed by atoms with Crippen LogP contribution in [0.4, 0.5) is 0 Å². The van der Waals surface area contributed by atoms with Crippen molar-refractivity contribution in [2.75, 3.05) is 6.61 Å². The van der Waals surface area contributed by atoms with Gasteiger partial charge in [0.2, 0.25) is 11.8 Å². The zero-order valence-electron chi connectivity index (χ0n) is 12.0. The molecule has 0 bridgehead atoms. The summed E-state index contributed by atoms with van der Waals surface area (Å²) >= 11 is 4.92. The summed E-state index contributed by atoms with van der Waals surface area (Å²) in [5, 5.41) is 0. The molecule has 2 aromatic rings. The highest BCUT2D eigenvalue weighted by Crippen LogP contribution is 2.39. The van der Waals surface area contributed by atoms with Gasteiger partial charge in [-0.3, -0.25) is 9.78 Å². The third kappa shape index (κ3) is 2.55. The van der Waals surface area contributed by atoms with E-state index in [2.05, 4.69) is 9.97 Å². The molecule has 4 N–H and O–H groups in total. The number of nitrogens with two attached hydrogens (primary N) is 1. The molecule has 120 valence electrons. The predicted molar refractivity (Wildman–Crippen MR) is 81.3 cm³/mol. The number of furan rings is 1. The van der Waals surface area contributed by atoms with Gasteiger partial charge in [-0.1, -0.05) is 0 Å². The van der Waals surface area contributed by atoms with Crippen LogP contribution >= 0.6 is 12.2 Å². The van der Waals surface area contributed by atoms with Crippen molar-refractivity contribution < 1.29 is 18.7 Å². The molecule has 0 radical (unpaired) electrons. The lowest BCUT2D eigenvalue weighted by atomic mass is 9.88. The third-order valence-corrected chi connectivity index (χ3v) is 3.53. The highest BCUT2D eigenvalue weighted by atomic mass is 32.1. The van der Waals surface area contributed by atoms with Crippen LogP contribution in [-0.4, -0.2) is 22.5 Å². The molecule has 8 nitrogen and oxygen atoms in total. The Morgan fingerprint density at radius 2 is 2.26 bits per heavy atom. The topological polar surface area (TPSA) is 123 Å². The number of carbonyl (C=O) groups excluding carboxylic acids is 1. The number of H-pyrrole nitrogens is 2. The molecule has 0 aromatic carbocycles. The Balaban J connectivity index is 2.26. The Labute approximate surface area is 134 Å². The van der Waals surface area contributed by atoms with Gasteiger partial charge in [0, 0.05) is 0 Å².